The molecule has 8 heteroatoms. The van der Waals surface area contributed by atoms with Gasteiger partial charge in [0.15, 0.2) is 5.78 Å². The molecule has 2 saturated carbocycles. The van der Waals surface area contributed by atoms with E-state index in [1.54, 1.807) is 31.4 Å². The number of fused-ring (bicyclic) bond motifs is 1. The van der Waals surface area contributed by atoms with Crippen molar-refractivity contribution in [3.05, 3.63) is 89.6 Å². The minimum Gasteiger partial charge on any atom is -0.481 e. The van der Waals surface area contributed by atoms with Gasteiger partial charge in [-0.05, 0) is 72.4 Å². The highest BCUT2D eigenvalue weighted by Crippen LogP contribution is 2.62. The van der Waals surface area contributed by atoms with Crippen LogP contribution in [0.3, 0.4) is 0 Å². The van der Waals surface area contributed by atoms with Crippen LogP contribution < -0.4 is 5.32 Å². The van der Waals surface area contributed by atoms with E-state index in [1.165, 1.54) is 6.07 Å². The number of nitrogens with zero attached hydrogens (tertiary/aromatic N) is 2. The van der Waals surface area contributed by atoms with Crippen molar-refractivity contribution in [2.45, 2.75) is 38.6 Å². The number of carbonyl (C=O) groups excluding carboxylic acids is 2. The zero-order valence-corrected chi connectivity index (χ0v) is 22.2. The summed E-state index contributed by atoms with van der Waals surface area (Å²) in [7, 11) is 1.56. The Morgan fingerprint density at radius 1 is 1.00 bits per heavy atom. The largest absolute Gasteiger partial charge is 0.481 e. The zero-order valence-electron chi connectivity index (χ0n) is 22.2. The topological polar surface area (TPSA) is 101 Å². The monoisotopic (exact) mass is 539 g/mol. The molecular formula is C32H30FN3O4. The van der Waals surface area contributed by atoms with Crippen molar-refractivity contribution < 1.29 is 23.9 Å². The van der Waals surface area contributed by atoms with Gasteiger partial charge in [0.05, 0.1) is 11.4 Å². The molecule has 0 atom stereocenters. The molecule has 204 valence electrons. The number of nitrogens with one attached hydrogen (secondary N) is 1. The van der Waals surface area contributed by atoms with Gasteiger partial charge in [0.2, 0.25) is 0 Å². The Kier molecular flexibility index (Phi) is 6.49. The van der Waals surface area contributed by atoms with Crippen LogP contribution >= 0.6 is 0 Å². The number of amides is 1. The van der Waals surface area contributed by atoms with Gasteiger partial charge >= 0.3 is 5.97 Å². The number of pyridine rings is 1. The Morgan fingerprint density at radius 3 is 2.38 bits per heavy atom. The molecule has 1 amide bonds. The average Bonchev–Trinajstić information content (AvgIpc) is 3.33. The number of hydrogen-bond donors (Lipinski definition) is 2. The second-order valence-electron chi connectivity index (χ2n) is 11.4. The number of Topliss-reactive ketones (excluding diaryl/α,β-unsaturated/α-hetero) is 1. The highest BCUT2D eigenvalue weighted by atomic mass is 19.1. The number of ketones is 1. The summed E-state index contributed by atoms with van der Waals surface area (Å²) in [6.45, 7) is 0.477. The van der Waals surface area contributed by atoms with Gasteiger partial charge < -0.3 is 15.0 Å². The van der Waals surface area contributed by atoms with Crippen LogP contribution in [0.15, 0.2) is 67.0 Å². The number of rotatable bonds is 8. The molecule has 0 radical (unpaired) electrons. The molecule has 2 aromatic heterocycles. The zero-order chi connectivity index (χ0) is 28.0. The summed E-state index contributed by atoms with van der Waals surface area (Å²) < 4.78 is 16.6. The van der Waals surface area contributed by atoms with Crippen molar-refractivity contribution in [1.82, 2.24) is 14.9 Å². The van der Waals surface area contributed by atoms with E-state index in [9.17, 15) is 23.9 Å². The molecule has 1 spiro atoms. The molecule has 2 heterocycles. The van der Waals surface area contributed by atoms with Crippen LogP contribution in [0.5, 0.6) is 0 Å². The molecule has 40 heavy (non-hydrogen) atoms. The van der Waals surface area contributed by atoms with Crippen LogP contribution in [0.1, 0.15) is 58.5 Å². The lowest BCUT2D eigenvalue weighted by Gasteiger charge is -2.56. The first kappa shape index (κ1) is 25.9. The molecule has 0 aliphatic heterocycles. The van der Waals surface area contributed by atoms with Gasteiger partial charge in [-0.15, -0.1) is 0 Å². The Labute approximate surface area is 231 Å². The van der Waals surface area contributed by atoms with Gasteiger partial charge in [-0.1, -0.05) is 30.3 Å². The second-order valence-corrected chi connectivity index (χ2v) is 11.4. The highest BCUT2D eigenvalue weighted by Gasteiger charge is 2.54. The molecule has 4 aromatic rings. The number of hydrogen-bond acceptors (Lipinski definition) is 4. The summed E-state index contributed by atoms with van der Waals surface area (Å²) in [5, 5.41) is 12.2. The number of benzene rings is 2. The smallest absolute Gasteiger partial charge is 0.306 e. The standard InChI is InChI=1S/C32H30FN3O4/c1-34-30(38)27-9-6-22(17-35-27)21-4-2-19(3-5-21)18-36-11-10-24-26(33)8-7-25(29(24)36)28(37)12-20-13-32(14-20)15-23(16-32)31(39)40/h2-11,17,20,23H,12-16,18H2,1H3,(H,34,38)(H,39,40). The minimum absolute atomic E-state index is 0.00181. The summed E-state index contributed by atoms with van der Waals surface area (Å²) >= 11 is 0. The summed E-state index contributed by atoms with van der Waals surface area (Å²) in [6, 6.07) is 16.1. The van der Waals surface area contributed by atoms with Crippen LogP contribution in [0.25, 0.3) is 22.0 Å². The van der Waals surface area contributed by atoms with Gasteiger partial charge in [0.25, 0.3) is 5.91 Å². The molecule has 0 saturated heterocycles. The quantitative estimate of drug-likeness (QED) is 0.279. The van der Waals surface area contributed by atoms with E-state index in [2.05, 4.69) is 10.3 Å². The molecule has 2 aliphatic rings. The predicted molar refractivity (Wildman–Crippen MR) is 149 cm³/mol. The van der Waals surface area contributed by atoms with Gasteiger partial charge in [-0.2, -0.15) is 0 Å². The van der Waals surface area contributed by atoms with E-state index >= 15 is 0 Å². The third-order valence-corrected chi connectivity index (χ3v) is 8.66. The van der Waals surface area contributed by atoms with Crippen molar-refractivity contribution in [2.75, 3.05) is 7.05 Å². The van der Waals surface area contributed by atoms with Crippen molar-refractivity contribution in [3.63, 3.8) is 0 Å². The lowest BCUT2D eigenvalue weighted by Crippen LogP contribution is -2.50. The maximum atomic E-state index is 14.7. The Balaban J connectivity index is 1.17. The van der Waals surface area contributed by atoms with Gasteiger partial charge in [-0.3, -0.25) is 19.4 Å². The fraction of sp³-hybridized carbons (Fsp3) is 0.312. The Hall–Kier alpha value is -4.33. The third kappa shape index (κ3) is 4.68. The van der Waals surface area contributed by atoms with Crippen molar-refractivity contribution >= 4 is 28.6 Å². The summed E-state index contributed by atoms with van der Waals surface area (Å²) in [5.41, 5.74) is 4.44. The van der Waals surface area contributed by atoms with Crippen LogP contribution in [-0.2, 0) is 11.3 Å². The number of carboxylic acid groups (broad SMARTS) is 1. The first-order valence-electron chi connectivity index (χ1n) is 13.6. The van der Waals surface area contributed by atoms with E-state index in [0.717, 1.165) is 29.5 Å². The molecule has 2 aliphatic carbocycles. The molecule has 2 aromatic carbocycles. The van der Waals surface area contributed by atoms with Gasteiger partial charge in [0.1, 0.15) is 11.5 Å². The van der Waals surface area contributed by atoms with E-state index in [-0.39, 0.29) is 34.8 Å². The third-order valence-electron chi connectivity index (χ3n) is 8.66. The number of halogens is 1. The van der Waals surface area contributed by atoms with Gasteiger partial charge in [0, 0.05) is 48.9 Å². The highest BCUT2D eigenvalue weighted by molar-refractivity contribution is 6.07. The normalized spacial score (nSPS) is 21.6. The van der Waals surface area contributed by atoms with Crippen LogP contribution in [0.4, 0.5) is 4.39 Å². The molecule has 2 N–H and O–H groups in total. The van der Waals surface area contributed by atoms with E-state index in [4.69, 9.17) is 0 Å². The van der Waals surface area contributed by atoms with E-state index in [1.807, 2.05) is 41.1 Å². The summed E-state index contributed by atoms with van der Waals surface area (Å²) in [4.78, 5) is 40.5. The molecule has 2 fully saturated rings. The first-order chi connectivity index (χ1) is 19.2. The Morgan fingerprint density at radius 2 is 1.73 bits per heavy atom. The lowest BCUT2D eigenvalue weighted by atomic mass is 9.47. The minimum atomic E-state index is -0.720. The van der Waals surface area contributed by atoms with Crippen LogP contribution in [-0.4, -0.2) is 39.4 Å². The van der Waals surface area contributed by atoms with Crippen molar-refractivity contribution in [2.24, 2.45) is 17.3 Å². The maximum Gasteiger partial charge on any atom is 0.306 e. The number of carboxylic acids is 1. The van der Waals surface area contributed by atoms with Crippen LogP contribution in [0.2, 0.25) is 0 Å². The molecule has 0 unspecified atom stereocenters. The van der Waals surface area contributed by atoms with Crippen molar-refractivity contribution in [3.8, 4) is 11.1 Å². The number of aliphatic carboxylic acids is 1. The second kappa shape index (κ2) is 10.0. The maximum absolute atomic E-state index is 14.7. The van der Waals surface area contributed by atoms with E-state index < -0.39 is 5.97 Å². The molecule has 6 rings (SSSR count). The molecule has 7 nitrogen and oxygen atoms in total. The predicted octanol–water partition coefficient (Wildman–Crippen LogP) is 5.71. The molecule has 0 bridgehead atoms. The summed E-state index contributed by atoms with van der Waals surface area (Å²) in [5.74, 6) is -1.30. The SMILES string of the molecule is CNC(=O)c1ccc(-c2ccc(Cn3ccc4c(F)ccc(C(=O)CC5CC6(C5)CC(C(=O)O)C6)c43)cc2)cn1. The number of carbonyl (C=O) groups is 3. The average molecular weight is 540 g/mol. The Bertz CT molecular complexity index is 1610. The molecular weight excluding hydrogens is 509 g/mol. The van der Waals surface area contributed by atoms with Crippen LogP contribution in [0, 0.1) is 23.1 Å². The lowest BCUT2D eigenvalue weighted by molar-refractivity contribution is -0.157. The number of aromatic nitrogens is 2. The summed E-state index contributed by atoms with van der Waals surface area (Å²) in [6.07, 6.45) is 7.10. The van der Waals surface area contributed by atoms with E-state index in [0.29, 0.717) is 48.0 Å². The fourth-order valence-corrected chi connectivity index (χ4v) is 6.65. The van der Waals surface area contributed by atoms with Crippen molar-refractivity contribution in [1.29, 1.82) is 0 Å². The van der Waals surface area contributed by atoms with Gasteiger partial charge in [-0.25, -0.2) is 4.39 Å². The first-order valence-corrected chi connectivity index (χ1v) is 13.6. The fourth-order valence-electron chi connectivity index (χ4n) is 6.65.